The number of halogens is 3. The van der Waals surface area contributed by atoms with Crippen molar-refractivity contribution >= 4 is 0 Å². The molecule has 1 unspecified atom stereocenters. The van der Waals surface area contributed by atoms with Gasteiger partial charge in [-0.1, -0.05) is 37.3 Å². The minimum Gasteiger partial charge on any atom is -0.310 e. The molecule has 0 saturated carbocycles. The van der Waals surface area contributed by atoms with Crippen LogP contribution >= 0.6 is 0 Å². The predicted molar refractivity (Wildman–Crippen MR) is 75.8 cm³/mol. The van der Waals surface area contributed by atoms with Gasteiger partial charge in [0.15, 0.2) is 0 Å². The largest absolute Gasteiger partial charge is 0.416 e. The van der Waals surface area contributed by atoms with Crippen LogP contribution in [0.5, 0.6) is 0 Å². The number of pyridine rings is 1. The van der Waals surface area contributed by atoms with Crippen LogP contribution in [0.15, 0.2) is 48.7 Å². The Morgan fingerprint density at radius 1 is 1.14 bits per heavy atom. The molecular formula is C16H17F3N2. The predicted octanol–water partition coefficient (Wildman–Crippen LogP) is 3.99. The summed E-state index contributed by atoms with van der Waals surface area (Å²) in [5.41, 5.74) is 0.814. The van der Waals surface area contributed by atoms with Crippen LogP contribution in [0.1, 0.15) is 29.8 Å². The van der Waals surface area contributed by atoms with Crippen LogP contribution in [0.4, 0.5) is 13.2 Å². The van der Waals surface area contributed by atoms with E-state index in [1.54, 1.807) is 0 Å². The summed E-state index contributed by atoms with van der Waals surface area (Å²) in [6.45, 7) is 2.70. The maximum atomic E-state index is 12.7. The fourth-order valence-corrected chi connectivity index (χ4v) is 2.21. The Labute approximate surface area is 122 Å². The van der Waals surface area contributed by atoms with Gasteiger partial charge in [0, 0.05) is 24.4 Å². The Hall–Kier alpha value is -1.88. The molecule has 0 radical (unpaired) electrons. The van der Waals surface area contributed by atoms with Gasteiger partial charge in [-0.2, -0.15) is 13.2 Å². The van der Waals surface area contributed by atoms with Gasteiger partial charge in [-0.25, -0.2) is 0 Å². The summed E-state index contributed by atoms with van der Waals surface area (Å²) in [7, 11) is 0. The van der Waals surface area contributed by atoms with E-state index >= 15 is 0 Å². The number of benzene rings is 1. The smallest absolute Gasteiger partial charge is 0.310 e. The molecule has 1 atom stereocenters. The molecule has 1 aromatic carbocycles. The molecule has 5 heteroatoms. The molecular weight excluding hydrogens is 277 g/mol. The van der Waals surface area contributed by atoms with Crippen LogP contribution in [0.3, 0.4) is 0 Å². The highest BCUT2D eigenvalue weighted by Crippen LogP contribution is 2.29. The van der Waals surface area contributed by atoms with E-state index in [0.717, 1.165) is 24.2 Å². The van der Waals surface area contributed by atoms with Crippen molar-refractivity contribution in [2.45, 2.75) is 25.6 Å². The number of hydrogen-bond acceptors (Lipinski definition) is 2. The van der Waals surface area contributed by atoms with Crippen molar-refractivity contribution < 1.29 is 13.2 Å². The van der Waals surface area contributed by atoms with Gasteiger partial charge in [0.2, 0.25) is 0 Å². The van der Waals surface area contributed by atoms with Crippen molar-refractivity contribution in [2.24, 2.45) is 0 Å². The highest BCUT2D eigenvalue weighted by atomic mass is 19.4. The highest BCUT2D eigenvalue weighted by Gasteiger charge is 2.30. The molecule has 2 aromatic rings. The fourth-order valence-electron chi connectivity index (χ4n) is 2.21. The van der Waals surface area contributed by atoms with Gasteiger partial charge in [-0.15, -0.1) is 0 Å². The van der Waals surface area contributed by atoms with E-state index in [-0.39, 0.29) is 6.04 Å². The van der Waals surface area contributed by atoms with E-state index in [2.05, 4.69) is 10.3 Å². The van der Waals surface area contributed by atoms with Gasteiger partial charge in [0.05, 0.1) is 5.56 Å². The van der Waals surface area contributed by atoms with E-state index in [4.69, 9.17) is 0 Å². The Morgan fingerprint density at radius 3 is 2.48 bits per heavy atom. The molecule has 21 heavy (non-hydrogen) atoms. The molecule has 0 saturated heterocycles. The normalized spacial score (nSPS) is 13.1. The summed E-state index contributed by atoms with van der Waals surface area (Å²) in [5, 5.41) is 3.28. The minimum absolute atomic E-state index is 0.0489. The van der Waals surface area contributed by atoms with Gasteiger partial charge >= 0.3 is 6.18 Å². The average Bonchev–Trinajstić information content (AvgIpc) is 2.47. The van der Waals surface area contributed by atoms with Crippen molar-refractivity contribution in [3.63, 3.8) is 0 Å². The summed E-state index contributed by atoms with van der Waals surface area (Å²) in [6, 6.07) is 11.7. The van der Waals surface area contributed by atoms with Crippen molar-refractivity contribution in [2.75, 3.05) is 6.54 Å². The van der Waals surface area contributed by atoms with E-state index in [0.29, 0.717) is 12.1 Å². The van der Waals surface area contributed by atoms with E-state index in [9.17, 15) is 13.2 Å². The number of nitrogens with zero attached hydrogens (tertiary/aromatic N) is 1. The molecule has 0 spiro atoms. The van der Waals surface area contributed by atoms with E-state index < -0.39 is 11.7 Å². The van der Waals surface area contributed by atoms with Crippen molar-refractivity contribution in [1.82, 2.24) is 10.3 Å². The molecule has 0 amide bonds. The quantitative estimate of drug-likeness (QED) is 0.901. The standard InChI is InChI=1S/C16H17F3N2/c1-2-20-15(12-6-4-3-5-7-12)11-14-10-13(8-9-21-14)16(17,18)19/h3-10,15,20H,2,11H2,1H3. The van der Waals surface area contributed by atoms with Crippen LogP contribution in [0.2, 0.25) is 0 Å². The fraction of sp³-hybridized carbons (Fsp3) is 0.312. The van der Waals surface area contributed by atoms with Gasteiger partial charge in [0.1, 0.15) is 0 Å². The average molecular weight is 294 g/mol. The maximum Gasteiger partial charge on any atom is 0.416 e. The van der Waals surface area contributed by atoms with E-state index in [1.165, 1.54) is 6.20 Å². The SMILES string of the molecule is CCNC(Cc1cc(C(F)(F)F)ccn1)c1ccccc1. The lowest BCUT2D eigenvalue weighted by Gasteiger charge is -2.18. The van der Waals surface area contributed by atoms with Gasteiger partial charge in [-0.05, 0) is 24.2 Å². The third-order valence-corrected chi connectivity index (χ3v) is 3.21. The Kier molecular flexibility index (Phi) is 4.96. The first-order valence-electron chi connectivity index (χ1n) is 6.81. The molecule has 0 aliphatic carbocycles. The number of hydrogen-bond donors (Lipinski definition) is 1. The molecule has 0 aliphatic rings. The molecule has 0 fully saturated rings. The molecule has 0 aliphatic heterocycles. The molecule has 1 heterocycles. The number of likely N-dealkylation sites (N-methyl/N-ethyl adjacent to an activating group) is 1. The maximum absolute atomic E-state index is 12.7. The van der Waals surface area contributed by atoms with Crippen molar-refractivity contribution in [1.29, 1.82) is 0 Å². The number of nitrogens with one attached hydrogen (secondary N) is 1. The number of rotatable bonds is 5. The van der Waals surface area contributed by atoms with Crippen LogP contribution in [0, 0.1) is 0 Å². The molecule has 1 N–H and O–H groups in total. The number of aromatic nitrogens is 1. The van der Waals surface area contributed by atoms with Crippen LogP contribution < -0.4 is 5.32 Å². The Balaban J connectivity index is 2.21. The van der Waals surface area contributed by atoms with Crippen LogP contribution in [0.25, 0.3) is 0 Å². The highest BCUT2D eigenvalue weighted by molar-refractivity contribution is 5.24. The zero-order valence-corrected chi connectivity index (χ0v) is 11.7. The summed E-state index contributed by atoms with van der Waals surface area (Å²) < 4.78 is 38.2. The van der Waals surface area contributed by atoms with Gasteiger partial charge in [-0.3, -0.25) is 4.98 Å². The topological polar surface area (TPSA) is 24.9 Å². The third-order valence-electron chi connectivity index (χ3n) is 3.21. The first-order chi connectivity index (χ1) is 10.0. The second-order valence-electron chi connectivity index (χ2n) is 4.76. The van der Waals surface area contributed by atoms with Gasteiger partial charge < -0.3 is 5.32 Å². The summed E-state index contributed by atoms with van der Waals surface area (Å²) in [5.74, 6) is 0. The molecule has 1 aromatic heterocycles. The Bertz CT molecular complexity index is 567. The summed E-state index contributed by atoms with van der Waals surface area (Å²) in [4.78, 5) is 4.06. The summed E-state index contributed by atoms with van der Waals surface area (Å²) in [6.07, 6.45) is -2.70. The van der Waals surface area contributed by atoms with Crippen molar-refractivity contribution in [3.05, 3.63) is 65.5 Å². The van der Waals surface area contributed by atoms with Crippen LogP contribution in [-0.2, 0) is 12.6 Å². The zero-order valence-electron chi connectivity index (χ0n) is 11.7. The second kappa shape index (κ2) is 6.72. The molecule has 112 valence electrons. The molecule has 2 rings (SSSR count). The lowest BCUT2D eigenvalue weighted by molar-refractivity contribution is -0.137. The van der Waals surface area contributed by atoms with Crippen LogP contribution in [-0.4, -0.2) is 11.5 Å². The molecule has 0 bridgehead atoms. The van der Waals surface area contributed by atoms with Gasteiger partial charge in [0.25, 0.3) is 0 Å². The zero-order chi connectivity index (χ0) is 15.3. The third kappa shape index (κ3) is 4.29. The monoisotopic (exact) mass is 294 g/mol. The molecule has 2 nitrogen and oxygen atoms in total. The summed E-state index contributed by atoms with van der Waals surface area (Å²) >= 11 is 0. The minimum atomic E-state index is -4.34. The number of alkyl halides is 3. The van der Waals surface area contributed by atoms with E-state index in [1.807, 2.05) is 37.3 Å². The lowest BCUT2D eigenvalue weighted by atomic mass is 10.0. The first kappa shape index (κ1) is 15.5. The Morgan fingerprint density at radius 2 is 1.86 bits per heavy atom. The first-order valence-corrected chi connectivity index (χ1v) is 6.81. The van der Waals surface area contributed by atoms with Crippen molar-refractivity contribution in [3.8, 4) is 0 Å². The lowest BCUT2D eigenvalue weighted by Crippen LogP contribution is -2.23. The second-order valence-corrected chi connectivity index (χ2v) is 4.76.